The summed E-state index contributed by atoms with van der Waals surface area (Å²) in [6, 6.07) is 11.9. The number of allylic oxidation sites excluding steroid dienone is 1. The summed E-state index contributed by atoms with van der Waals surface area (Å²) < 4.78 is 0. The molecule has 0 bridgehead atoms. The fourth-order valence-electron chi connectivity index (χ4n) is 8.50. The summed E-state index contributed by atoms with van der Waals surface area (Å²) >= 11 is 0. The molecule has 7 heteroatoms. The van der Waals surface area contributed by atoms with Crippen LogP contribution in [0.15, 0.2) is 53.3 Å². The van der Waals surface area contributed by atoms with Gasteiger partial charge in [-0.25, -0.2) is 0 Å². The molecule has 4 atom stereocenters. The molecule has 228 valence electrons. The fraction of sp³-hybridized carbons (Fsp3) is 0.472. The molecular formula is C36H42O7. The first kappa shape index (κ1) is 30.7. The molecule has 4 N–H and O–H groups in total. The highest BCUT2D eigenvalue weighted by Crippen LogP contribution is 2.65. The minimum Gasteiger partial charge on any atom is -0.508 e. The van der Waals surface area contributed by atoms with Crippen LogP contribution in [-0.2, 0) is 33.6 Å². The lowest BCUT2D eigenvalue weighted by Crippen LogP contribution is -2.69. The van der Waals surface area contributed by atoms with Gasteiger partial charge < -0.3 is 20.4 Å². The summed E-state index contributed by atoms with van der Waals surface area (Å²) in [5.41, 5.74) is -2.20. The average Bonchev–Trinajstić information content (AvgIpc) is 2.90. The first-order valence-electron chi connectivity index (χ1n) is 15.1. The van der Waals surface area contributed by atoms with Crippen LogP contribution in [0.5, 0.6) is 5.75 Å². The zero-order valence-corrected chi connectivity index (χ0v) is 26.0. The lowest BCUT2D eigenvalue weighted by Gasteiger charge is -2.60. The molecular weight excluding hydrogens is 544 g/mol. The summed E-state index contributed by atoms with van der Waals surface area (Å²) in [7, 11) is 0. The van der Waals surface area contributed by atoms with E-state index in [9.17, 15) is 34.8 Å². The third-order valence-electron chi connectivity index (χ3n) is 10.3. The fourth-order valence-corrected chi connectivity index (χ4v) is 8.50. The van der Waals surface area contributed by atoms with Crippen molar-refractivity contribution in [2.45, 2.75) is 85.7 Å². The van der Waals surface area contributed by atoms with E-state index in [2.05, 4.69) is 0 Å². The van der Waals surface area contributed by atoms with Crippen LogP contribution in [0.25, 0.3) is 5.76 Å². The summed E-state index contributed by atoms with van der Waals surface area (Å²) in [6.45, 7) is 12.3. The number of carbonyl (C=O) groups excluding carboxylic acids is 3. The zero-order valence-electron chi connectivity index (χ0n) is 26.0. The molecule has 0 amide bonds. The van der Waals surface area contributed by atoms with Crippen LogP contribution in [0.4, 0.5) is 0 Å². The number of hydrogen-bond acceptors (Lipinski definition) is 7. The van der Waals surface area contributed by atoms with Crippen LogP contribution >= 0.6 is 0 Å². The Morgan fingerprint density at radius 2 is 1.63 bits per heavy atom. The Balaban J connectivity index is 1.75. The van der Waals surface area contributed by atoms with Gasteiger partial charge in [-0.1, -0.05) is 77.9 Å². The molecule has 5 rings (SSSR count). The van der Waals surface area contributed by atoms with E-state index < -0.39 is 56.8 Å². The number of rotatable bonds is 6. The lowest BCUT2D eigenvalue weighted by molar-refractivity contribution is -0.178. The summed E-state index contributed by atoms with van der Waals surface area (Å²) in [5.74, 6) is -5.01. The Labute approximate surface area is 253 Å². The topological polar surface area (TPSA) is 132 Å². The SMILES string of the molecule is CC(=O)C1=C(O)[C@]2(O)C(=O)C3=C(O)c4c(O)c(CCc5ccccc5)cc(C(C)C)c4C[C@]3(C)C[C@]2(C)C(C(C)C)C1=O. The Morgan fingerprint density at radius 3 is 2.19 bits per heavy atom. The number of fused-ring (bicyclic) bond motifs is 3. The minimum absolute atomic E-state index is 0.0411. The van der Waals surface area contributed by atoms with Crippen molar-refractivity contribution in [2.24, 2.45) is 22.7 Å². The van der Waals surface area contributed by atoms with E-state index in [1.807, 2.05) is 57.2 Å². The van der Waals surface area contributed by atoms with Crippen LogP contribution < -0.4 is 0 Å². The highest BCUT2D eigenvalue weighted by Gasteiger charge is 2.72. The van der Waals surface area contributed by atoms with Crippen molar-refractivity contribution in [1.29, 1.82) is 0 Å². The van der Waals surface area contributed by atoms with Gasteiger partial charge in [-0.15, -0.1) is 0 Å². The molecule has 2 aromatic carbocycles. The zero-order chi connectivity index (χ0) is 31.8. The van der Waals surface area contributed by atoms with Gasteiger partial charge in [0, 0.05) is 22.3 Å². The molecule has 7 nitrogen and oxygen atoms in total. The smallest absolute Gasteiger partial charge is 0.203 e. The van der Waals surface area contributed by atoms with E-state index in [1.54, 1.807) is 20.8 Å². The van der Waals surface area contributed by atoms with Gasteiger partial charge in [0.1, 0.15) is 22.8 Å². The Hall–Kier alpha value is -3.71. The molecule has 0 aliphatic heterocycles. The second kappa shape index (κ2) is 10.2. The minimum atomic E-state index is -2.61. The van der Waals surface area contributed by atoms with Crippen LogP contribution in [0.3, 0.4) is 0 Å². The maximum atomic E-state index is 14.6. The number of aromatic hydroxyl groups is 1. The molecule has 3 aliphatic rings. The summed E-state index contributed by atoms with van der Waals surface area (Å²) in [4.78, 5) is 40.8. The highest BCUT2D eigenvalue weighted by atomic mass is 16.3. The number of aryl methyl sites for hydroxylation is 2. The van der Waals surface area contributed by atoms with E-state index in [1.165, 1.54) is 0 Å². The molecule has 0 spiro atoms. The van der Waals surface area contributed by atoms with Gasteiger partial charge in [0.15, 0.2) is 17.2 Å². The summed E-state index contributed by atoms with van der Waals surface area (Å²) in [5, 5.41) is 47.2. The van der Waals surface area contributed by atoms with Crippen molar-refractivity contribution < 1.29 is 34.8 Å². The van der Waals surface area contributed by atoms with E-state index in [0.29, 0.717) is 18.4 Å². The molecule has 43 heavy (non-hydrogen) atoms. The number of ketones is 3. The molecule has 0 saturated heterocycles. The van der Waals surface area contributed by atoms with Crippen LogP contribution in [0, 0.1) is 22.7 Å². The van der Waals surface area contributed by atoms with Gasteiger partial charge in [0.25, 0.3) is 0 Å². The van der Waals surface area contributed by atoms with Crippen LogP contribution in [0.1, 0.15) is 88.6 Å². The normalized spacial score (nSPS) is 28.7. The van der Waals surface area contributed by atoms with Crippen molar-refractivity contribution in [3.63, 3.8) is 0 Å². The maximum absolute atomic E-state index is 14.6. The molecule has 1 fully saturated rings. The second-order valence-electron chi connectivity index (χ2n) is 13.9. The van der Waals surface area contributed by atoms with Crippen molar-refractivity contribution in [3.05, 3.63) is 81.1 Å². The van der Waals surface area contributed by atoms with E-state index in [-0.39, 0.29) is 41.6 Å². The molecule has 2 aromatic rings. The van der Waals surface area contributed by atoms with Crippen molar-refractivity contribution in [3.8, 4) is 5.75 Å². The lowest BCUT2D eigenvalue weighted by atomic mass is 9.43. The Bertz CT molecular complexity index is 1610. The second-order valence-corrected chi connectivity index (χ2v) is 13.9. The maximum Gasteiger partial charge on any atom is 0.203 e. The predicted molar refractivity (Wildman–Crippen MR) is 164 cm³/mol. The first-order chi connectivity index (χ1) is 20.0. The Morgan fingerprint density at radius 1 is 1.00 bits per heavy atom. The van der Waals surface area contributed by atoms with E-state index in [0.717, 1.165) is 23.6 Å². The van der Waals surface area contributed by atoms with Gasteiger partial charge >= 0.3 is 0 Å². The molecule has 0 radical (unpaired) electrons. The number of benzene rings is 2. The van der Waals surface area contributed by atoms with Gasteiger partial charge in [-0.3, -0.25) is 14.4 Å². The van der Waals surface area contributed by atoms with Crippen molar-refractivity contribution >= 4 is 23.1 Å². The van der Waals surface area contributed by atoms with Gasteiger partial charge in [0.05, 0.1) is 5.56 Å². The first-order valence-corrected chi connectivity index (χ1v) is 15.1. The molecule has 0 aromatic heterocycles. The summed E-state index contributed by atoms with van der Waals surface area (Å²) in [6.07, 6.45) is 1.53. The number of phenols is 1. The number of aliphatic hydroxyl groups is 3. The number of Topliss-reactive ketones (excluding diaryl/α,β-unsaturated/α-hetero) is 3. The largest absolute Gasteiger partial charge is 0.508 e. The number of aliphatic hydroxyl groups excluding tert-OH is 2. The number of carbonyl (C=O) groups is 3. The quantitative estimate of drug-likeness (QED) is 0.301. The number of phenolic OH excluding ortho intramolecular Hbond substituents is 1. The molecule has 1 saturated carbocycles. The van der Waals surface area contributed by atoms with E-state index in [4.69, 9.17) is 0 Å². The average molecular weight is 587 g/mol. The standard InChI is InChI=1S/C36H42O7/c1-18(2)23-15-22(14-13-21-11-9-8-10-12-21)29(38)26-24(23)16-34(6)17-35(7)27(19(3)4)30(39)25(20(5)37)32(41)36(35,43)33(42)28(34)31(26)40/h8-12,15,18-19,27,38,40-41,43H,13-14,16-17H2,1-7H3/t27?,34-,35-,36+/m1/s1. The monoisotopic (exact) mass is 586 g/mol. The van der Waals surface area contributed by atoms with Crippen LogP contribution in [0.2, 0.25) is 0 Å². The van der Waals surface area contributed by atoms with Gasteiger partial charge in [-0.05, 0) is 66.7 Å². The molecule has 1 unspecified atom stereocenters. The van der Waals surface area contributed by atoms with Crippen molar-refractivity contribution in [1.82, 2.24) is 0 Å². The Kier molecular flexibility index (Phi) is 7.28. The highest BCUT2D eigenvalue weighted by molar-refractivity contribution is 6.24. The van der Waals surface area contributed by atoms with E-state index >= 15 is 0 Å². The third kappa shape index (κ3) is 4.22. The van der Waals surface area contributed by atoms with Gasteiger partial charge in [0.2, 0.25) is 5.78 Å². The predicted octanol–water partition coefficient (Wildman–Crippen LogP) is 6.10. The van der Waals surface area contributed by atoms with Crippen LogP contribution in [-0.4, -0.2) is 43.4 Å². The van der Waals surface area contributed by atoms with Crippen molar-refractivity contribution in [2.75, 3.05) is 0 Å². The molecule has 0 heterocycles. The molecule has 3 aliphatic carbocycles. The number of hydrogen-bond donors (Lipinski definition) is 4. The third-order valence-corrected chi connectivity index (χ3v) is 10.3. The van der Waals surface area contributed by atoms with Gasteiger partial charge in [-0.2, -0.15) is 0 Å².